The minimum Gasteiger partial charge on any atom is -0.474 e. The largest absolute Gasteiger partial charge is 0.474 e. The Kier molecular flexibility index (Phi) is 3.35. The molecule has 0 spiro atoms. The van der Waals surface area contributed by atoms with E-state index < -0.39 is 5.54 Å². The van der Waals surface area contributed by atoms with Gasteiger partial charge in [-0.05, 0) is 35.4 Å². The van der Waals surface area contributed by atoms with Gasteiger partial charge in [-0.2, -0.15) is 0 Å². The fourth-order valence-electron chi connectivity index (χ4n) is 2.18. The Labute approximate surface area is 126 Å². The number of rotatable bonds is 4. The summed E-state index contributed by atoms with van der Waals surface area (Å²) in [6.07, 6.45) is 5.68. The monoisotopic (exact) mass is 303 g/mol. The molecule has 1 aliphatic rings. The molecule has 0 aromatic carbocycles. The van der Waals surface area contributed by atoms with Gasteiger partial charge in [-0.3, -0.25) is 0 Å². The second kappa shape index (κ2) is 5.06. The third-order valence-electron chi connectivity index (χ3n) is 3.46. The summed E-state index contributed by atoms with van der Waals surface area (Å²) in [5, 5.41) is 5.85. The van der Waals surface area contributed by atoms with Crippen LogP contribution in [0.25, 0.3) is 21.2 Å². The number of hydrogen-bond acceptors (Lipinski definition) is 4. The molecule has 108 valence electrons. The normalized spacial score (nSPS) is 14.8. The summed E-state index contributed by atoms with van der Waals surface area (Å²) in [6, 6.07) is 1.75. The molecule has 0 aliphatic heterocycles. The number of pyridine rings is 2. The van der Waals surface area contributed by atoms with E-state index in [2.05, 4.69) is 20.0 Å². The molecule has 3 rings (SSSR count). The average molecular weight is 304 g/mol. The molecule has 0 radical (unpaired) electrons. The van der Waals surface area contributed by atoms with Crippen LogP contribution in [0.15, 0.2) is 23.6 Å². The molecule has 0 N–H and O–H groups in total. The second-order valence-electron chi connectivity index (χ2n) is 5.60. The lowest BCUT2D eigenvalue weighted by Crippen LogP contribution is -2.14. The first kappa shape index (κ1) is 13.9. The van der Waals surface area contributed by atoms with Gasteiger partial charge in [0.1, 0.15) is 11.3 Å². The first-order valence-corrected chi connectivity index (χ1v) is 7.07. The molecule has 0 amide bonds. The zero-order valence-corrected chi connectivity index (χ0v) is 12.5. The summed E-state index contributed by atoms with van der Waals surface area (Å²) >= 11 is 6.01. The van der Waals surface area contributed by atoms with Gasteiger partial charge in [0.2, 0.25) is 5.88 Å². The minimum absolute atomic E-state index is 0.243. The Balaban J connectivity index is 2.21. The van der Waals surface area contributed by atoms with Crippen molar-refractivity contribution in [3.05, 3.63) is 39.6 Å². The second-order valence-corrected chi connectivity index (χ2v) is 5.98. The Morgan fingerprint density at radius 3 is 2.76 bits per heavy atom. The van der Waals surface area contributed by atoms with E-state index >= 15 is 0 Å². The van der Waals surface area contributed by atoms with Gasteiger partial charge in [0.15, 0.2) is 0 Å². The van der Waals surface area contributed by atoms with Crippen molar-refractivity contribution in [3.63, 3.8) is 0 Å². The molecule has 2 aromatic heterocycles. The maximum atomic E-state index is 8.75. The molecule has 2 heterocycles. The summed E-state index contributed by atoms with van der Waals surface area (Å²) in [4.78, 5) is 11.4. The van der Waals surface area contributed by atoms with Crippen LogP contribution in [0.5, 0.6) is 5.88 Å². The van der Waals surface area contributed by atoms with Gasteiger partial charge < -0.3 is 4.74 Å². The van der Waals surface area contributed by atoms with E-state index in [4.69, 9.17) is 21.9 Å². The molecule has 1 aliphatic carbocycles. The molecule has 1 saturated carbocycles. The van der Waals surface area contributed by atoms with Crippen molar-refractivity contribution in [1.82, 2.24) is 9.97 Å². The van der Waals surface area contributed by atoms with Crippen LogP contribution in [0.4, 0.5) is 0 Å². The van der Waals surface area contributed by atoms with Crippen LogP contribution in [0.3, 0.4) is 0 Å². The van der Waals surface area contributed by atoms with Gasteiger partial charge in [-0.15, -0.1) is 0 Å². The first-order valence-electron chi connectivity index (χ1n) is 6.69. The highest BCUT2D eigenvalue weighted by atomic mass is 35.5. The molecule has 0 atom stereocenters. The fraction of sp³-hybridized carbons (Fsp3) is 0.429. The maximum absolute atomic E-state index is 8.75. The van der Waals surface area contributed by atoms with Crippen LogP contribution in [-0.2, 0) is 5.54 Å². The minimum atomic E-state index is -0.733. The Morgan fingerprint density at radius 2 is 2.10 bits per heavy atom. The lowest BCUT2D eigenvalue weighted by molar-refractivity contribution is 0.295. The van der Waals surface area contributed by atoms with E-state index in [9.17, 15) is 0 Å². The van der Waals surface area contributed by atoms with Crippen LogP contribution in [-0.4, -0.2) is 16.1 Å². The van der Waals surface area contributed by atoms with Gasteiger partial charge in [0.05, 0.1) is 10.9 Å². The third-order valence-corrected chi connectivity index (χ3v) is 3.67. The molecule has 1 fully saturated rings. The van der Waals surface area contributed by atoms with Crippen LogP contribution >= 0.6 is 11.6 Å². The van der Waals surface area contributed by atoms with Crippen molar-refractivity contribution in [3.8, 4) is 5.88 Å². The SMILES string of the molecule is CC(C)(N=[N+]=[N-])c1cnc(OC2CC2)c2cnc(Cl)cc12. The van der Waals surface area contributed by atoms with Gasteiger partial charge in [0, 0.05) is 17.3 Å². The van der Waals surface area contributed by atoms with Crippen molar-refractivity contribution in [2.24, 2.45) is 5.11 Å². The van der Waals surface area contributed by atoms with Crippen molar-refractivity contribution in [2.75, 3.05) is 0 Å². The maximum Gasteiger partial charge on any atom is 0.223 e. The van der Waals surface area contributed by atoms with Crippen LogP contribution in [0.1, 0.15) is 32.3 Å². The highest BCUT2D eigenvalue weighted by molar-refractivity contribution is 6.30. The zero-order chi connectivity index (χ0) is 15.0. The lowest BCUT2D eigenvalue weighted by atomic mass is 9.93. The molecular weight excluding hydrogens is 290 g/mol. The number of hydrogen-bond donors (Lipinski definition) is 0. The number of nitrogens with zero attached hydrogens (tertiary/aromatic N) is 5. The van der Waals surface area contributed by atoms with Gasteiger partial charge in [-0.1, -0.05) is 30.6 Å². The van der Waals surface area contributed by atoms with Crippen molar-refractivity contribution >= 4 is 22.4 Å². The summed E-state index contributed by atoms with van der Waals surface area (Å²) < 4.78 is 5.81. The smallest absolute Gasteiger partial charge is 0.223 e. The molecular formula is C14H14ClN5O. The first-order chi connectivity index (χ1) is 10.0. The zero-order valence-electron chi connectivity index (χ0n) is 11.7. The van der Waals surface area contributed by atoms with Crippen molar-refractivity contribution < 1.29 is 4.74 Å². The number of ether oxygens (including phenoxy) is 1. The van der Waals surface area contributed by atoms with Crippen LogP contribution in [0.2, 0.25) is 5.15 Å². The highest BCUT2D eigenvalue weighted by Crippen LogP contribution is 2.37. The molecule has 21 heavy (non-hydrogen) atoms. The number of halogens is 1. The summed E-state index contributed by atoms with van der Waals surface area (Å²) in [6.45, 7) is 3.66. The summed E-state index contributed by atoms with van der Waals surface area (Å²) in [5.74, 6) is 0.553. The number of fused-ring (bicyclic) bond motifs is 1. The van der Waals surface area contributed by atoms with Gasteiger partial charge >= 0.3 is 0 Å². The predicted octanol–water partition coefficient (Wildman–Crippen LogP) is 4.37. The van der Waals surface area contributed by atoms with Crippen molar-refractivity contribution in [2.45, 2.75) is 38.3 Å². The predicted molar refractivity (Wildman–Crippen MR) is 80.4 cm³/mol. The standard InChI is InChI=1S/C14H14ClN5O/c1-14(2,19-20-16)11-7-18-13(21-8-3-4-8)10-6-17-12(15)5-9(10)11/h5-8H,3-4H2,1-2H3. The molecule has 2 aromatic rings. The average Bonchev–Trinajstić information content (AvgIpc) is 3.22. The third kappa shape index (κ3) is 2.73. The van der Waals surface area contributed by atoms with E-state index in [0.29, 0.717) is 11.0 Å². The Hall–Kier alpha value is -2.04. The summed E-state index contributed by atoms with van der Waals surface area (Å²) in [5.41, 5.74) is 8.81. The molecule has 0 unspecified atom stereocenters. The quantitative estimate of drug-likeness (QED) is 0.364. The molecule has 0 bridgehead atoms. The summed E-state index contributed by atoms with van der Waals surface area (Å²) in [7, 11) is 0. The van der Waals surface area contributed by atoms with E-state index in [1.165, 1.54) is 0 Å². The van der Waals surface area contributed by atoms with Crippen molar-refractivity contribution in [1.29, 1.82) is 0 Å². The Morgan fingerprint density at radius 1 is 1.33 bits per heavy atom. The fourth-order valence-corrected chi connectivity index (χ4v) is 2.33. The number of aromatic nitrogens is 2. The highest BCUT2D eigenvalue weighted by Gasteiger charge is 2.27. The molecule has 7 heteroatoms. The van der Waals surface area contributed by atoms with E-state index in [0.717, 1.165) is 29.2 Å². The Bertz CT molecular complexity index is 750. The van der Waals surface area contributed by atoms with Gasteiger partial charge in [-0.25, -0.2) is 9.97 Å². The lowest BCUT2D eigenvalue weighted by Gasteiger charge is -2.21. The topological polar surface area (TPSA) is 83.8 Å². The van der Waals surface area contributed by atoms with E-state index in [1.54, 1.807) is 18.5 Å². The van der Waals surface area contributed by atoms with Crippen LogP contribution < -0.4 is 4.74 Å². The van der Waals surface area contributed by atoms with Crippen LogP contribution in [0, 0.1) is 0 Å². The molecule has 0 saturated heterocycles. The number of azide groups is 1. The van der Waals surface area contributed by atoms with Gasteiger partial charge in [0.25, 0.3) is 0 Å². The van der Waals surface area contributed by atoms with E-state index in [-0.39, 0.29) is 6.10 Å². The molecule has 6 nitrogen and oxygen atoms in total. The van der Waals surface area contributed by atoms with E-state index in [1.807, 2.05) is 13.8 Å².